The van der Waals surface area contributed by atoms with E-state index >= 15 is 0 Å². The number of nitrogens with zero attached hydrogens (tertiary/aromatic N) is 4. The van der Waals surface area contributed by atoms with E-state index in [4.69, 9.17) is 5.73 Å². The molecule has 0 bridgehead atoms. The van der Waals surface area contributed by atoms with E-state index in [1.807, 2.05) is 6.92 Å². The highest BCUT2D eigenvalue weighted by Gasteiger charge is 2.07. The molecular weight excluding hydrogens is 210 g/mol. The molecule has 0 aliphatic rings. The van der Waals surface area contributed by atoms with Crippen molar-refractivity contribution < 1.29 is 4.79 Å². The van der Waals surface area contributed by atoms with Crippen LogP contribution in [0.1, 0.15) is 5.56 Å². The standard InChI is InChI=1S/C8H11N7O/c1-5-2-11-13-7(5)12-6(16)3-15-4-10-8(9)14-15/h2,4H,3H2,1H3,(H2,9,14)(H2,11,12,13,16). The quantitative estimate of drug-likeness (QED) is 0.648. The Morgan fingerprint density at radius 2 is 2.50 bits per heavy atom. The maximum Gasteiger partial charge on any atom is 0.247 e. The summed E-state index contributed by atoms with van der Waals surface area (Å²) in [5.41, 5.74) is 6.19. The molecule has 0 atom stereocenters. The second-order valence-electron chi connectivity index (χ2n) is 3.28. The number of anilines is 2. The van der Waals surface area contributed by atoms with Gasteiger partial charge in [-0.3, -0.25) is 9.89 Å². The minimum atomic E-state index is -0.225. The number of nitrogens with one attached hydrogen (secondary N) is 2. The lowest BCUT2D eigenvalue weighted by Gasteiger charge is -2.02. The Morgan fingerprint density at radius 3 is 3.06 bits per heavy atom. The van der Waals surface area contributed by atoms with Gasteiger partial charge in [-0.2, -0.15) is 5.10 Å². The second kappa shape index (κ2) is 4.01. The summed E-state index contributed by atoms with van der Waals surface area (Å²) in [6.07, 6.45) is 3.03. The van der Waals surface area contributed by atoms with Gasteiger partial charge in [0.25, 0.3) is 0 Å². The number of hydrogen-bond acceptors (Lipinski definition) is 5. The Balaban J connectivity index is 1.97. The molecule has 1 amide bonds. The Bertz CT molecular complexity index is 500. The van der Waals surface area contributed by atoms with Crippen LogP contribution in [0.5, 0.6) is 0 Å². The number of H-pyrrole nitrogens is 1. The van der Waals surface area contributed by atoms with Crippen LogP contribution in [0.25, 0.3) is 0 Å². The minimum absolute atomic E-state index is 0.0582. The summed E-state index contributed by atoms with van der Waals surface area (Å²) in [4.78, 5) is 15.3. The number of aromatic amines is 1. The Morgan fingerprint density at radius 1 is 1.69 bits per heavy atom. The number of amides is 1. The maximum atomic E-state index is 11.6. The maximum absolute atomic E-state index is 11.6. The zero-order chi connectivity index (χ0) is 11.5. The van der Waals surface area contributed by atoms with E-state index in [1.54, 1.807) is 6.20 Å². The number of nitrogens with two attached hydrogens (primary N) is 1. The van der Waals surface area contributed by atoms with Crippen LogP contribution in [0.4, 0.5) is 11.8 Å². The first kappa shape index (κ1) is 10.1. The lowest BCUT2D eigenvalue weighted by molar-refractivity contribution is -0.116. The molecule has 84 valence electrons. The zero-order valence-electron chi connectivity index (χ0n) is 8.64. The van der Waals surface area contributed by atoms with Crippen LogP contribution in [0.2, 0.25) is 0 Å². The third kappa shape index (κ3) is 2.16. The number of hydrogen-bond donors (Lipinski definition) is 3. The first-order valence-corrected chi connectivity index (χ1v) is 4.60. The van der Waals surface area contributed by atoms with Crippen LogP contribution in [0.15, 0.2) is 12.5 Å². The molecule has 4 N–H and O–H groups in total. The first-order valence-electron chi connectivity index (χ1n) is 4.60. The first-order chi connectivity index (χ1) is 7.65. The molecule has 0 aliphatic carbocycles. The summed E-state index contributed by atoms with van der Waals surface area (Å²) in [5, 5.41) is 12.9. The Kier molecular flexibility index (Phi) is 2.54. The van der Waals surface area contributed by atoms with Crippen LogP contribution >= 0.6 is 0 Å². The number of carbonyl (C=O) groups is 1. The summed E-state index contributed by atoms with van der Waals surface area (Å²) in [6, 6.07) is 0. The summed E-state index contributed by atoms with van der Waals surface area (Å²) in [7, 11) is 0. The van der Waals surface area contributed by atoms with Crippen LogP contribution in [0, 0.1) is 6.92 Å². The normalized spacial score (nSPS) is 10.3. The summed E-state index contributed by atoms with van der Waals surface area (Å²) in [6.45, 7) is 1.90. The number of aryl methyl sites for hydroxylation is 1. The summed E-state index contributed by atoms with van der Waals surface area (Å²) < 4.78 is 1.36. The minimum Gasteiger partial charge on any atom is -0.367 e. The third-order valence-electron chi connectivity index (χ3n) is 1.95. The van der Waals surface area contributed by atoms with E-state index in [2.05, 4.69) is 25.6 Å². The van der Waals surface area contributed by atoms with Crippen LogP contribution in [-0.4, -0.2) is 30.9 Å². The molecule has 0 radical (unpaired) electrons. The van der Waals surface area contributed by atoms with Crippen molar-refractivity contribution in [2.75, 3.05) is 11.1 Å². The van der Waals surface area contributed by atoms with Crippen molar-refractivity contribution >= 4 is 17.7 Å². The van der Waals surface area contributed by atoms with Crippen LogP contribution in [-0.2, 0) is 11.3 Å². The van der Waals surface area contributed by atoms with Gasteiger partial charge in [0.05, 0.1) is 6.20 Å². The van der Waals surface area contributed by atoms with Gasteiger partial charge in [-0.25, -0.2) is 9.67 Å². The molecule has 2 heterocycles. The number of aromatic nitrogens is 5. The summed E-state index contributed by atoms with van der Waals surface area (Å²) in [5.74, 6) is 0.501. The third-order valence-corrected chi connectivity index (χ3v) is 1.95. The highest BCUT2D eigenvalue weighted by atomic mass is 16.2. The predicted octanol–water partition coefficient (Wildman–Crippen LogP) is -0.469. The van der Waals surface area contributed by atoms with Crippen LogP contribution < -0.4 is 11.1 Å². The van der Waals surface area contributed by atoms with Gasteiger partial charge in [-0.15, -0.1) is 5.10 Å². The van der Waals surface area contributed by atoms with Gasteiger partial charge in [0.15, 0.2) is 0 Å². The SMILES string of the molecule is Cc1cn[nH]c1NC(=O)Cn1cnc(N)n1. The van der Waals surface area contributed by atoms with Crippen molar-refractivity contribution in [1.29, 1.82) is 0 Å². The lowest BCUT2D eigenvalue weighted by Crippen LogP contribution is -2.19. The molecule has 0 fully saturated rings. The molecule has 8 nitrogen and oxygen atoms in total. The summed E-state index contributed by atoms with van der Waals surface area (Å²) >= 11 is 0. The van der Waals surface area contributed by atoms with Crippen molar-refractivity contribution in [2.24, 2.45) is 0 Å². The predicted molar refractivity (Wildman–Crippen MR) is 56.4 cm³/mol. The number of rotatable bonds is 3. The molecule has 0 saturated carbocycles. The van der Waals surface area contributed by atoms with E-state index < -0.39 is 0 Å². The van der Waals surface area contributed by atoms with Gasteiger partial charge >= 0.3 is 0 Å². The van der Waals surface area contributed by atoms with E-state index in [1.165, 1.54) is 11.0 Å². The van der Waals surface area contributed by atoms with Crippen molar-refractivity contribution in [3.8, 4) is 0 Å². The Hall–Kier alpha value is -2.38. The second-order valence-corrected chi connectivity index (χ2v) is 3.28. The van der Waals surface area contributed by atoms with E-state index in [0.717, 1.165) is 5.56 Å². The molecule has 2 rings (SSSR count). The topological polar surface area (TPSA) is 115 Å². The smallest absolute Gasteiger partial charge is 0.247 e. The molecule has 0 aliphatic heterocycles. The highest BCUT2D eigenvalue weighted by Crippen LogP contribution is 2.07. The zero-order valence-corrected chi connectivity index (χ0v) is 8.64. The Labute approximate surface area is 90.9 Å². The van der Waals surface area contributed by atoms with E-state index in [9.17, 15) is 4.79 Å². The average molecular weight is 221 g/mol. The molecule has 0 saturated heterocycles. The molecule has 8 heteroatoms. The van der Waals surface area contributed by atoms with Crippen molar-refractivity contribution in [2.45, 2.75) is 13.5 Å². The van der Waals surface area contributed by atoms with Gasteiger partial charge in [0.2, 0.25) is 11.9 Å². The molecule has 0 spiro atoms. The van der Waals surface area contributed by atoms with Gasteiger partial charge < -0.3 is 11.1 Å². The average Bonchev–Trinajstić information content (AvgIpc) is 2.77. The molecule has 2 aromatic heterocycles. The van der Waals surface area contributed by atoms with E-state index in [0.29, 0.717) is 5.82 Å². The molecular formula is C8H11N7O. The fraction of sp³-hybridized carbons (Fsp3) is 0.250. The molecule has 2 aromatic rings. The van der Waals surface area contributed by atoms with Crippen LogP contribution in [0.3, 0.4) is 0 Å². The monoisotopic (exact) mass is 221 g/mol. The fourth-order valence-electron chi connectivity index (χ4n) is 1.18. The molecule has 16 heavy (non-hydrogen) atoms. The number of carbonyl (C=O) groups excluding carboxylic acids is 1. The lowest BCUT2D eigenvalue weighted by atomic mass is 10.4. The van der Waals surface area contributed by atoms with Gasteiger partial charge in [-0.05, 0) is 6.92 Å². The van der Waals surface area contributed by atoms with Crippen molar-refractivity contribution in [3.63, 3.8) is 0 Å². The fourth-order valence-corrected chi connectivity index (χ4v) is 1.18. The molecule has 0 aromatic carbocycles. The van der Waals surface area contributed by atoms with Gasteiger partial charge in [0, 0.05) is 5.56 Å². The highest BCUT2D eigenvalue weighted by molar-refractivity contribution is 5.90. The van der Waals surface area contributed by atoms with Crippen molar-refractivity contribution in [1.82, 2.24) is 25.0 Å². The largest absolute Gasteiger partial charge is 0.367 e. The molecule has 0 unspecified atom stereocenters. The van der Waals surface area contributed by atoms with E-state index in [-0.39, 0.29) is 18.4 Å². The van der Waals surface area contributed by atoms with Gasteiger partial charge in [-0.1, -0.05) is 0 Å². The number of nitrogen functional groups attached to an aromatic ring is 1. The van der Waals surface area contributed by atoms with Crippen molar-refractivity contribution in [3.05, 3.63) is 18.1 Å². The van der Waals surface area contributed by atoms with Gasteiger partial charge in [0.1, 0.15) is 18.7 Å².